The number of fused-ring (bicyclic) bond motifs is 1. The molecule has 0 bridgehead atoms. The summed E-state index contributed by atoms with van der Waals surface area (Å²) in [6, 6.07) is 19.1. The van der Waals surface area contributed by atoms with E-state index in [1.807, 2.05) is 6.07 Å². The van der Waals surface area contributed by atoms with Gasteiger partial charge >= 0.3 is 0 Å². The highest BCUT2D eigenvalue weighted by atomic mass is 35.5. The van der Waals surface area contributed by atoms with Crippen LogP contribution in [0.1, 0.15) is 12.2 Å². The second kappa shape index (κ2) is 9.53. The minimum absolute atomic E-state index is 0.121. The van der Waals surface area contributed by atoms with Gasteiger partial charge in [-0.2, -0.15) is 0 Å². The normalized spacial score (nSPS) is 10.7. The SMILES string of the molecule is COc1ccc(Oc2ccc(Cl)cc2NC(=O)CCc2nc3ccccc3c(=O)[nH]2)cc1. The van der Waals surface area contributed by atoms with Crippen molar-refractivity contribution < 1.29 is 14.3 Å². The maximum Gasteiger partial charge on any atom is 0.258 e. The van der Waals surface area contributed by atoms with Gasteiger partial charge in [-0.15, -0.1) is 0 Å². The number of aromatic amines is 1. The minimum Gasteiger partial charge on any atom is -0.497 e. The molecule has 1 heterocycles. The topological polar surface area (TPSA) is 93.3 Å². The van der Waals surface area contributed by atoms with E-state index in [2.05, 4.69) is 15.3 Å². The Balaban J connectivity index is 1.45. The average Bonchev–Trinajstić information content (AvgIpc) is 2.80. The number of H-pyrrole nitrogens is 1. The molecule has 0 aliphatic carbocycles. The number of benzene rings is 3. The van der Waals surface area contributed by atoms with Crippen LogP contribution in [0.4, 0.5) is 5.69 Å². The van der Waals surface area contributed by atoms with Gasteiger partial charge in [0.15, 0.2) is 5.75 Å². The fraction of sp³-hybridized carbons (Fsp3) is 0.125. The Morgan fingerprint density at radius 3 is 2.59 bits per heavy atom. The number of methoxy groups -OCH3 is 1. The number of aromatic nitrogens is 2. The number of halogens is 1. The van der Waals surface area contributed by atoms with Crippen molar-refractivity contribution in [1.82, 2.24) is 9.97 Å². The molecule has 8 heteroatoms. The second-order valence-electron chi connectivity index (χ2n) is 7.00. The zero-order chi connectivity index (χ0) is 22.5. The van der Waals surface area contributed by atoms with E-state index in [9.17, 15) is 9.59 Å². The maximum atomic E-state index is 12.6. The lowest BCUT2D eigenvalue weighted by Gasteiger charge is -2.13. The van der Waals surface area contributed by atoms with Crippen molar-refractivity contribution in [3.8, 4) is 17.2 Å². The van der Waals surface area contributed by atoms with Gasteiger partial charge in [-0.1, -0.05) is 23.7 Å². The van der Waals surface area contributed by atoms with Crippen LogP contribution in [0, 0.1) is 0 Å². The van der Waals surface area contributed by atoms with Gasteiger partial charge in [0.2, 0.25) is 5.91 Å². The molecule has 4 rings (SSSR count). The highest BCUT2D eigenvalue weighted by Gasteiger charge is 2.12. The van der Waals surface area contributed by atoms with E-state index in [4.69, 9.17) is 21.1 Å². The minimum atomic E-state index is -0.261. The first-order chi connectivity index (χ1) is 15.5. The second-order valence-corrected chi connectivity index (χ2v) is 7.43. The van der Waals surface area contributed by atoms with Gasteiger partial charge in [0, 0.05) is 17.9 Å². The molecule has 2 N–H and O–H groups in total. The number of carbonyl (C=O) groups excluding carboxylic acids is 1. The molecule has 1 amide bonds. The van der Waals surface area contributed by atoms with Gasteiger partial charge in [-0.3, -0.25) is 9.59 Å². The van der Waals surface area contributed by atoms with E-state index >= 15 is 0 Å². The number of anilines is 1. The van der Waals surface area contributed by atoms with Crippen LogP contribution in [-0.2, 0) is 11.2 Å². The molecule has 0 aliphatic heterocycles. The predicted octanol–water partition coefficient (Wildman–Crippen LogP) is 4.95. The number of ether oxygens (including phenoxy) is 2. The van der Waals surface area contributed by atoms with Crippen LogP contribution in [-0.4, -0.2) is 23.0 Å². The predicted molar refractivity (Wildman–Crippen MR) is 124 cm³/mol. The maximum absolute atomic E-state index is 12.6. The molecule has 0 aliphatic rings. The van der Waals surface area contributed by atoms with Crippen molar-refractivity contribution in [2.24, 2.45) is 0 Å². The van der Waals surface area contributed by atoms with Crippen molar-refractivity contribution >= 4 is 34.1 Å². The van der Waals surface area contributed by atoms with Gasteiger partial charge in [0.05, 0.1) is 23.7 Å². The van der Waals surface area contributed by atoms with Crippen LogP contribution < -0.4 is 20.3 Å². The van der Waals surface area contributed by atoms with Crippen molar-refractivity contribution in [2.45, 2.75) is 12.8 Å². The van der Waals surface area contributed by atoms with Crippen LogP contribution >= 0.6 is 11.6 Å². The Hall–Kier alpha value is -3.84. The zero-order valence-corrected chi connectivity index (χ0v) is 18.0. The molecule has 0 saturated heterocycles. The smallest absolute Gasteiger partial charge is 0.258 e. The lowest BCUT2D eigenvalue weighted by molar-refractivity contribution is -0.116. The van der Waals surface area contributed by atoms with Crippen LogP contribution in [0.2, 0.25) is 5.02 Å². The molecule has 32 heavy (non-hydrogen) atoms. The van der Waals surface area contributed by atoms with Gasteiger partial charge in [0.1, 0.15) is 17.3 Å². The fourth-order valence-electron chi connectivity index (χ4n) is 3.16. The summed E-state index contributed by atoms with van der Waals surface area (Å²) in [5.41, 5.74) is 0.811. The quantitative estimate of drug-likeness (QED) is 0.416. The molecule has 0 unspecified atom stereocenters. The summed E-state index contributed by atoms with van der Waals surface area (Å²) in [6.07, 6.45) is 0.400. The summed E-state index contributed by atoms with van der Waals surface area (Å²) in [5, 5.41) is 3.80. The number of amides is 1. The highest BCUT2D eigenvalue weighted by molar-refractivity contribution is 6.31. The van der Waals surface area contributed by atoms with Crippen molar-refractivity contribution in [1.29, 1.82) is 0 Å². The molecule has 0 fully saturated rings. The molecule has 162 valence electrons. The molecule has 4 aromatic rings. The number of carbonyl (C=O) groups is 1. The van der Waals surface area contributed by atoms with Gasteiger partial charge < -0.3 is 19.8 Å². The number of aryl methyl sites for hydroxylation is 1. The van der Waals surface area contributed by atoms with Crippen LogP contribution in [0.15, 0.2) is 71.5 Å². The van der Waals surface area contributed by atoms with E-state index in [1.54, 1.807) is 67.8 Å². The molecule has 0 spiro atoms. The van der Waals surface area contributed by atoms with Gasteiger partial charge in [-0.05, 0) is 54.6 Å². The zero-order valence-electron chi connectivity index (χ0n) is 17.2. The van der Waals surface area contributed by atoms with E-state index in [0.717, 1.165) is 0 Å². The van der Waals surface area contributed by atoms with Crippen LogP contribution in [0.5, 0.6) is 17.2 Å². The lowest BCUT2D eigenvalue weighted by atomic mass is 10.2. The summed E-state index contributed by atoms with van der Waals surface area (Å²) in [6.45, 7) is 0. The highest BCUT2D eigenvalue weighted by Crippen LogP contribution is 2.32. The molecular formula is C24H20ClN3O4. The average molecular weight is 450 g/mol. The number of hydrogen-bond donors (Lipinski definition) is 2. The Morgan fingerprint density at radius 1 is 1.06 bits per heavy atom. The first-order valence-electron chi connectivity index (χ1n) is 9.91. The number of hydrogen-bond acceptors (Lipinski definition) is 5. The van der Waals surface area contributed by atoms with Gasteiger partial charge in [0.25, 0.3) is 5.56 Å². The monoisotopic (exact) mass is 449 g/mol. The Bertz CT molecular complexity index is 1320. The number of para-hydroxylation sites is 1. The lowest BCUT2D eigenvalue weighted by Crippen LogP contribution is -2.16. The third-order valence-electron chi connectivity index (χ3n) is 4.75. The molecule has 0 atom stereocenters. The largest absolute Gasteiger partial charge is 0.497 e. The third-order valence-corrected chi connectivity index (χ3v) is 4.99. The number of rotatable bonds is 7. The van der Waals surface area contributed by atoms with E-state index in [1.165, 1.54) is 0 Å². The molecular weight excluding hydrogens is 430 g/mol. The Morgan fingerprint density at radius 2 is 1.81 bits per heavy atom. The summed E-state index contributed by atoms with van der Waals surface area (Å²) < 4.78 is 11.1. The standard InChI is InChI=1S/C24H20ClN3O4/c1-31-16-7-9-17(10-8-16)32-21-11-6-15(25)14-20(21)27-23(29)13-12-22-26-19-5-3-2-4-18(19)24(30)28-22/h2-11,14H,12-13H2,1H3,(H,27,29)(H,26,28,30). The summed E-state index contributed by atoms with van der Waals surface area (Å²) in [7, 11) is 1.59. The molecule has 0 radical (unpaired) electrons. The fourth-order valence-corrected chi connectivity index (χ4v) is 3.33. The van der Waals surface area contributed by atoms with E-state index in [0.29, 0.717) is 44.7 Å². The number of nitrogens with zero attached hydrogens (tertiary/aromatic N) is 1. The van der Waals surface area contributed by atoms with Crippen molar-refractivity contribution in [3.05, 3.63) is 87.9 Å². The van der Waals surface area contributed by atoms with Crippen molar-refractivity contribution in [2.75, 3.05) is 12.4 Å². The van der Waals surface area contributed by atoms with E-state index in [-0.39, 0.29) is 24.3 Å². The molecule has 3 aromatic carbocycles. The molecule has 7 nitrogen and oxygen atoms in total. The Labute approximate surface area is 189 Å². The van der Waals surface area contributed by atoms with Crippen LogP contribution in [0.25, 0.3) is 10.9 Å². The summed E-state index contributed by atoms with van der Waals surface area (Å²) in [5.74, 6) is 1.93. The van der Waals surface area contributed by atoms with E-state index < -0.39 is 0 Å². The third kappa shape index (κ3) is 5.07. The van der Waals surface area contributed by atoms with Crippen LogP contribution in [0.3, 0.4) is 0 Å². The first kappa shape index (κ1) is 21.4. The Kier molecular flexibility index (Phi) is 6.37. The van der Waals surface area contributed by atoms with Gasteiger partial charge in [-0.25, -0.2) is 4.98 Å². The summed E-state index contributed by atoms with van der Waals surface area (Å²) >= 11 is 6.12. The van der Waals surface area contributed by atoms with Crippen molar-refractivity contribution in [3.63, 3.8) is 0 Å². The molecule has 0 saturated carbocycles. The first-order valence-corrected chi connectivity index (χ1v) is 10.3. The molecule has 1 aromatic heterocycles. The number of nitrogens with one attached hydrogen (secondary N) is 2. The summed E-state index contributed by atoms with van der Waals surface area (Å²) in [4.78, 5) is 31.9.